The normalized spacial score (nSPS) is 13.4. The molecule has 240 valence electrons. The molecule has 3 aromatic carbocycles. The molecule has 0 spiro atoms. The van der Waals surface area contributed by atoms with Crippen molar-refractivity contribution in [2.45, 2.75) is 32.9 Å². The van der Waals surface area contributed by atoms with Crippen LogP contribution in [0.15, 0.2) is 66.7 Å². The Kier molecular flexibility index (Phi) is 9.36. The van der Waals surface area contributed by atoms with E-state index in [9.17, 15) is 9.65 Å². The molecule has 1 aliphatic heterocycles. The van der Waals surface area contributed by atoms with Gasteiger partial charge in [-0.1, -0.05) is 35.9 Å². The van der Waals surface area contributed by atoms with Gasteiger partial charge in [-0.3, -0.25) is 0 Å². The molecule has 5 aromatic rings. The van der Waals surface area contributed by atoms with Crippen LogP contribution < -0.4 is 19.3 Å². The number of rotatable bonds is 9. The summed E-state index contributed by atoms with van der Waals surface area (Å²) in [6.45, 7) is 3.90. The molecule has 0 bridgehead atoms. The van der Waals surface area contributed by atoms with Crippen molar-refractivity contribution in [2.75, 3.05) is 37.1 Å². The second kappa shape index (κ2) is 13.8. The molecule has 0 amide bonds. The van der Waals surface area contributed by atoms with E-state index in [2.05, 4.69) is 20.9 Å². The van der Waals surface area contributed by atoms with Crippen LogP contribution in [0.3, 0.4) is 0 Å². The highest BCUT2D eigenvalue weighted by Crippen LogP contribution is 2.39. The van der Waals surface area contributed by atoms with Gasteiger partial charge < -0.3 is 19.3 Å². The van der Waals surface area contributed by atoms with Gasteiger partial charge in [-0.05, 0) is 78.9 Å². The van der Waals surface area contributed by atoms with Crippen molar-refractivity contribution in [1.82, 2.24) is 15.0 Å². The van der Waals surface area contributed by atoms with Gasteiger partial charge in [-0.25, -0.2) is 9.37 Å². The average Bonchev–Trinajstić information content (AvgIpc) is 3.08. The molecule has 0 atom stereocenters. The molecule has 3 heterocycles. The average molecular weight is 655 g/mol. The van der Waals surface area contributed by atoms with E-state index in [1.54, 1.807) is 26.4 Å². The summed E-state index contributed by atoms with van der Waals surface area (Å²) in [6.07, 6.45) is 0.180. The molecule has 0 unspecified atom stereocenters. The maximum absolute atomic E-state index is 16.5. The number of nitriles is 1. The summed E-state index contributed by atoms with van der Waals surface area (Å²) in [6, 6.07) is 23.1. The summed E-state index contributed by atoms with van der Waals surface area (Å²) >= 11 is 6.81. The van der Waals surface area contributed by atoms with E-state index in [0.29, 0.717) is 55.9 Å². The van der Waals surface area contributed by atoms with Crippen LogP contribution in [0.5, 0.6) is 11.5 Å². The molecule has 0 aliphatic carbocycles. The van der Waals surface area contributed by atoms with Crippen molar-refractivity contribution in [3.05, 3.63) is 100 Å². The molecule has 47 heavy (non-hydrogen) atoms. The standard InChI is InChI=1S/C36H33ClF2N6O2/c1-22-16-30(32-29(37)18-28-34(33(32)38)42-36(39)43-35(28)44-14-12-23(19-40)13-15-44)41-31(17-22)45(20-24-4-8-26(46-2)9-5-24)21-25-6-10-27(47-3)11-7-25/h4-11,16-18,23H,12-15,20-21H2,1-3H3. The van der Waals surface area contributed by atoms with Gasteiger partial charge in [0, 0.05) is 37.5 Å². The quantitative estimate of drug-likeness (QED) is 0.148. The maximum atomic E-state index is 16.5. The van der Waals surface area contributed by atoms with Gasteiger partial charge in [0.2, 0.25) is 0 Å². The number of piperidine rings is 1. The van der Waals surface area contributed by atoms with Crippen LogP contribution in [0, 0.1) is 36.1 Å². The Hall–Kier alpha value is -5.01. The van der Waals surface area contributed by atoms with Crippen molar-refractivity contribution in [3.8, 4) is 28.8 Å². The molecule has 11 heteroatoms. The van der Waals surface area contributed by atoms with Gasteiger partial charge in [0.1, 0.15) is 28.7 Å². The topological polar surface area (TPSA) is 87.4 Å². The minimum Gasteiger partial charge on any atom is -0.497 e. The number of methoxy groups -OCH3 is 2. The van der Waals surface area contributed by atoms with Gasteiger partial charge in [0.25, 0.3) is 0 Å². The Morgan fingerprint density at radius 2 is 1.49 bits per heavy atom. The highest BCUT2D eigenvalue weighted by Gasteiger charge is 2.26. The van der Waals surface area contributed by atoms with Crippen LogP contribution in [0.1, 0.15) is 29.5 Å². The Labute approximate surface area is 277 Å². The van der Waals surface area contributed by atoms with E-state index in [1.807, 2.05) is 66.4 Å². The van der Waals surface area contributed by atoms with Crippen LogP contribution in [0.4, 0.5) is 20.4 Å². The number of fused-ring (bicyclic) bond motifs is 1. The van der Waals surface area contributed by atoms with E-state index >= 15 is 4.39 Å². The predicted octanol–water partition coefficient (Wildman–Crippen LogP) is 7.90. The minimum atomic E-state index is -1.04. The third-order valence-electron chi connectivity index (χ3n) is 8.41. The number of hydrogen-bond acceptors (Lipinski definition) is 8. The van der Waals surface area contributed by atoms with Gasteiger partial charge in [-0.15, -0.1) is 0 Å². The molecule has 0 saturated carbocycles. The van der Waals surface area contributed by atoms with E-state index in [0.717, 1.165) is 28.2 Å². The molecule has 0 radical (unpaired) electrons. The van der Waals surface area contributed by atoms with Gasteiger partial charge in [0.05, 0.1) is 36.6 Å². The minimum absolute atomic E-state index is 0.0326. The van der Waals surface area contributed by atoms with Crippen LogP contribution in [0.25, 0.3) is 22.2 Å². The lowest BCUT2D eigenvalue weighted by atomic mass is 9.98. The number of halogens is 3. The first-order chi connectivity index (χ1) is 22.8. The van der Waals surface area contributed by atoms with Gasteiger partial charge in [-0.2, -0.15) is 19.6 Å². The van der Waals surface area contributed by atoms with E-state index in [1.165, 1.54) is 0 Å². The SMILES string of the molecule is COc1ccc(CN(Cc2ccc(OC)cc2)c2cc(C)cc(-c3c(Cl)cc4c(N5CCC(C#N)CC5)nc(F)nc4c3F)n2)cc1. The zero-order chi connectivity index (χ0) is 33.1. The summed E-state index contributed by atoms with van der Waals surface area (Å²) in [5.41, 5.74) is 3.05. The number of benzene rings is 3. The molecule has 1 aliphatic rings. The predicted molar refractivity (Wildman–Crippen MR) is 179 cm³/mol. The molecule has 0 N–H and O–H groups in total. The van der Waals surface area contributed by atoms with Crippen molar-refractivity contribution in [2.24, 2.45) is 5.92 Å². The summed E-state index contributed by atoms with van der Waals surface area (Å²) in [7, 11) is 3.25. The molecule has 8 nitrogen and oxygen atoms in total. The number of hydrogen-bond donors (Lipinski definition) is 0. The lowest BCUT2D eigenvalue weighted by Gasteiger charge is -2.30. The van der Waals surface area contributed by atoms with Crippen molar-refractivity contribution in [3.63, 3.8) is 0 Å². The molecule has 2 aromatic heterocycles. The zero-order valence-electron chi connectivity index (χ0n) is 26.3. The Balaban J connectivity index is 1.41. The maximum Gasteiger partial charge on any atom is 0.311 e. The third kappa shape index (κ3) is 6.91. The van der Waals surface area contributed by atoms with Crippen LogP contribution in [0.2, 0.25) is 5.02 Å². The summed E-state index contributed by atoms with van der Waals surface area (Å²) < 4.78 is 42.0. The van der Waals surface area contributed by atoms with Crippen LogP contribution in [-0.4, -0.2) is 42.3 Å². The highest BCUT2D eigenvalue weighted by atomic mass is 35.5. The number of pyridine rings is 1. The molecule has 1 saturated heterocycles. The number of aryl methyl sites for hydroxylation is 1. The first-order valence-electron chi connectivity index (χ1n) is 15.3. The molecule has 1 fully saturated rings. The lowest BCUT2D eigenvalue weighted by Crippen LogP contribution is -2.34. The van der Waals surface area contributed by atoms with Crippen LogP contribution >= 0.6 is 11.6 Å². The van der Waals surface area contributed by atoms with Crippen molar-refractivity contribution >= 4 is 34.1 Å². The van der Waals surface area contributed by atoms with Crippen molar-refractivity contribution in [1.29, 1.82) is 5.26 Å². The van der Waals surface area contributed by atoms with E-state index < -0.39 is 11.9 Å². The fourth-order valence-electron chi connectivity index (χ4n) is 5.91. The van der Waals surface area contributed by atoms with E-state index in [-0.39, 0.29) is 27.8 Å². The molecular weight excluding hydrogens is 622 g/mol. The Morgan fingerprint density at radius 1 is 0.894 bits per heavy atom. The first kappa shape index (κ1) is 32.0. The third-order valence-corrected chi connectivity index (χ3v) is 8.71. The Morgan fingerprint density at radius 3 is 2.04 bits per heavy atom. The van der Waals surface area contributed by atoms with Gasteiger partial charge >= 0.3 is 6.08 Å². The monoisotopic (exact) mass is 654 g/mol. The number of nitrogens with zero attached hydrogens (tertiary/aromatic N) is 6. The van der Waals surface area contributed by atoms with Crippen LogP contribution in [-0.2, 0) is 13.1 Å². The Bertz CT molecular complexity index is 1890. The smallest absolute Gasteiger partial charge is 0.311 e. The van der Waals surface area contributed by atoms with Gasteiger partial charge in [0.15, 0.2) is 5.82 Å². The largest absolute Gasteiger partial charge is 0.497 e. The molecule has 6 rings (SSSR count). The summed E-state index contributed by atoms with van der Waals surface area (Å²) in [5, 5.41) is 9.71. The highest BCUT2D eigenvalue weighted by molar-refractivity contribution is 6.34. The second-order valence-electron chi connectivity index (χ2n) is 11.6. The second-order valence-corrected chi connectivity index (χ2v) is 12.0. The number of anilines is 2. The fraction of sp³-hybridized carbons (Fsp3) is 0.278. The summed E-state index contributed by atoms with van der Waals surface area (Å²) in [5.74, 6) is 1.52. The first-order valence-corrected chi connectivity index (χ1v) is 15.6. The lowest BCUT2D eigenvalue weighted by molar-refractivity contribution is 0.414. The fourth-order valence-corrected chi connectivity index (χ4v) is 6.20. The number of aromatic nitrogens is 3. The number of ether oxygens (including phenoxy) is 2. The zero-order valence-corrected chi connectivity index (χ0v) is 27.1. The van der Waals surface area contributed by atoms with E-state index in [4.69, 9.17) is 26.1 Å². The molecular formula is C36H33ClF2N6O2. The summed E-state index contributed by atoms with van der Waals surface area (Å²) in [4.78, 5) is 16.7. The van der Waals surface area contributed by atoms with Crippen molar-refractivity contribution < 1.29 is 18.3 Å².